The molecule has 0 atom stereocenters. The van der Waals surface area contributed by atoms with E-state index in [1.165, 1.54) is 17.7 Å². The molecule has 1 fully saturated rings. The van der Waals surface area contributed by atoms with Gasteiger partial charge >= 0.3 is 0 Å². The first-order chi connectivity index (χ1) is 11.8. The van der Waals surface area contributed by atoms with Crippen molar-refractivity contribution in [2.24, 2.45) is 0 Å². The maximum Gasteiger partial charge on any atom is 0.255 e. The number of pyridine rings is 1. The second-order valence-corrected chi connectivity index (χ2v) is 6.17. The molecule has 1 aliphatic carbocycles. The largest absolute Gasteiger partial charge is 0.378 e. The lowest BCUT2D eigenvalue weighted by molar-refractivity contribution is 0.0302. The van der Waals surface area contributed by atoms with E-state index in [0.717, 1.165) is 24.4 Å². The van der Waals surface area contributed by atoms with Gasteiger partial charge in [0.05, 0.1) is 31.0 Å². The molecule has 4 rings (SSSR count). The van der Waals surface area contributed by atoms with E-state index in [9.17, 15) is 4.79 Å². The van der Waals surface area contributed by atoms with Crippen LogP contribution in [0.5, 0.6) is 0 Å². The topological polar surface area (TPSA) is 83.1 Å². The molecule has 0 radical (unpaired) electrons. The number of fused-ring (bicyclic) bond motifs is 1. The van der Waals surface area contributed by atoms with Crippen LogP contribution in [0.15, 0.2) is 18.3 Å². The lowest BCUT2D eigenvalue weighted by Gasteiger charge is -2.26. The lowest BCUT2D eigenvalue weighted by atomic mass is 10.2. The SMILES string of the molecule is O=C(c1ccc(NCc2n[nH]c3c2CCC3)nc1)N1CCOCC1. The van der Waals surface area contributed by atoms with Gasteiger partial charge in [-0.2, -0.15) is 5.10 Å². The molecule has 2 aromatic heterocycles. The highest BCUT2D eigenvalue weighted by molar-refractivity contribution is 5.94. The Labute approximate surface area is 140 Å². The standard InChI is InChI=1S/C17H21N5O2/c23-17(22-6-8-24-9-7-22)12-4-5-16(18-10-12)19-11-15-13-2-1-3-14(13)20-21-15/h4-5,10H,1-3,6-9,11H2,(H,18,19)(H,20,21). The molecule has 1 amide bonds. The summed E-state index contributed by atoms with van der Waals surface area (Å²) >= 11 is 0. The van der Waals surface area contributed by atoms with Crippen molar-refractivity contribution in [3.8, 4) is 0 Å². The first-order valence-corrected chi connectivity index (χ1v) is 8.43. The third-order valence-electron chi connectivity index (χ3n) is 4.64. The average Bonchev–Trinajstić information content (AvgIpc) is 3.25. The van der Waals surface area contributed by atoms with Crippen molar-refractivity contribution in [1.29, 1.82) is 0 Å². The Morgan fingerprint density at radius 2 is 2.17 bits per heavy atom. The van der Waals surface area contributed by atoms with Gasteiger partial charge in [-0.1, -0.05) is 0 Å². The maximum atomic E-state index is 12.4. The van der Waals surface area contributed by atoms with Crippen LogP contribution < -0.4 is 5.32 Å². The predicted octanol–water partition coefficient (Wildman–Crippen LogP) is 1.38. The fourth-order valence-corrected chi connectivity index (χ4v) is 3.28. The van der Waals surface area contributed by atoms with Crippen LogP contribution in [0.1, 0.15) is 33.7 Å². The van der Waals surface area contributed by atoms with E-state index in [1.54, 1.807) is 11.1 Å². The smallest absolute Gasteiger partial charge is 0.255 e. The highest BCUT2D eigenvalue weighted by Gasteiger charge is 2.19. The van der Waals surface area contributed by atoms with Crippen LogP contribution in [0.4, 0.5) is 5.82 Å². The fourth-order valence-electron chi connectivity index (χ4n) is 3.28. The van der Waals surface area contributed by atoms with Crippen LogP contribution >= 0.6 is 0 Å². The number of carbonyl (C=O) groups excluding carboxylic acids is 1. The van der Waals surface area contributed by atoms with E-state index in [4.69, 9.17) is 4.74 Å². The fraction of sp³-hybridized carbons (Fsp3) is 0.471. The van der Waals surface area contributed by atoms with Crippen molar-refractivity contribution in [1.82, 2.24) is 20.1 Å². The number of nitrogens with one attached hydrogen (secondary N) is 2. The van der Waals surface area contributed by atoms with Gasteiger partial charge in [-0.25, -0.2) is 4.98 Å². The third kappa shape index (κ3) is 2.99. The van der Waals surface area contributed by atoms with Crippen molar-refractivity contribution in [3.63, 3.8) is 0 Å². The molecule has 24 heavy (non-hydrogen) atoms. The zero-order valence-electron chi connectivity index (χ0n) is 13.5. The summed E-state index contributed by atoms with van der Waals surface area (Å²) < 4.78 is 5.28. The van der Waals surface area contributed by atoms with Gasteiger partial charge in [-0.05, 0) is 37.0 Å². The summed E-state index contributed by atoms with van der Waals surface area (Å²) in [5.74, 6) is 0.769. The van der Waals surface area contributed by atoms with E-state index in [2.05, 4.69) is 20.5 Å². The minimum Gasteiger partial charge on any atom is -0.378 e. The Morgan fingerprint density at radius 1 is 1.29 bits per heavy atom. The molecular formula is C17H21N5O2. The number of ether oxygens (including phenoxy) is 1. The number of morpholine rings is 1. The van der Waals surface area contributed by atoms with Gasteiger partial charge in [0.25, 0.3) is 5.91 Å². The van der Waals surface area contributed by atoms with E-state index in [-0.39, 0.29) is 5.91 Å². The van der Waals surface area contributed by atoms with Crippen molar-refractivity contribution in [2.45, 2.75) is 25.8 Å². The van der Waals surface area contributed by atoms with E-state index in [1.807, 2.05) is 12.1 Å². The van der Waals surface area contributed by atoms with Gasteiger partial charge in [-0.3, -0.25) is 9.89 Å². The number of H-pyrrole nitrogens is 1. The number of hydrogen-bond donors (Lipinski definition) is 2. The van der Waals surface area contributed by atoms with Crippen molar-refractivity contribution in [2.75, 3.05) is 31.6 Å². The summed E-state index contributed by atoms with van der Waals surface area (Å²) in [6.45, 7) is 3.14. The number of nitrogens with zero attached hydrogens (tertiary/aromatic N) is 3. The summed E-state index contributed by atoms with van der Waals surface area (Å²) in [6, 6.07) is 3.67. The molecule has 0 bridgehead atoms. The number of aromatic nitrogens is 3. The Balaban J connectivity index is 1.37. The van der Waals surface area contributed by atoms with E-state index < -0.39 is 0 Å². The predicted molar refractivity (Wildman–Crippen MR) is 88.9 cm³/mol. The minimum atomic E-state index is 0.0162. The molecule has 2 aromatic rings. The summed E-state index contributed by atoms with van der Waals surface area (Å²) in [7, 11) is 0. The minimum absolute atomic E-state index is 0.0162. The monoisotopic (exact) mass is 327 g/mol. The molecule has 1 aliphatic heterocycles. The zero-order chi connectivity index (χ0) is 16.4. The molecule has 2 aliphatic rings. The van der Waals surface area contributed by atoms with Gasteiger partial charge in [0, 0.05) is 25.0 Å². The summed E-state index contributed by atoms with van der Waals surface area (Å²) in [5.41, 5.74) is 4.30. The molecule has 0 spiro atoms. The molecule has 2 N–H and O–H groups in total. The number of hydrogen-bond acceptors (Lipinski definition) is 5. The molecule has 0 saturated carbocycles. The number of rotatable bonds is 4. The number of carbonyl (C=O) groups is 1. The molecule has 7 heteroatoms. The third-order valence-corrected chi connectivity index (χ3v) is 4.64. The molecule has 7 nitrogen and oxygen atoms in total. The normalized spacial score (nSPS) is 16.9. The van der Waals surface area contributed by atoms with Crippen LogP contribution in [0.2, 0.25) is 0 Å². The number of aryl methyl sites for hydroxylation is 1. The average molecular weight is 327 g/mol. The van der Waals surface area contributed by atoms with E-state index in [0.29, 0.717) is 38.4 Å². The van der Waals surface area contributed by atoms with Gasteiger partial charge in [0.15, 0.2) is 0 Å². The molecular weight excluding hydrogens is 306 g/mol. The van der Waals surface area contributed by atoms with Crippen LogP contribution in [-0.4, -0.2) is 52.3 Å². The zero-order valence-corrected chi connectivity index (χ0v) is 13.5. The highest BCUT2D eigenvalue weighted by atomic mass is 16.5. The van der Waals surface area contributed by atoms with Gasteiger partial charge in [0.2, 0.25) is 0 Å². The molecule has 3 heterocycles. The van der Waals surface area contributed by atoms with Crippen LogP contribution in [-0.2, 0) is 24.1 Å². The second-order valence-electron chi connectivity index (χ2n) is 6.17. The Bertz CT molecular complexity index is 719. The molecule has 126 valence electrons. The number of anilines is 1. The summed E-state index contributed by atoms with van der Waals surface area (Å²) in [6.07, 6.45) is 5.03. The van der Waals surface area contributed by atoms with Crippen molar-refractivity contribution in [3.05, 3.63) is 40.8 Å². The second kappa shape index (κ2) is 6.60. The maximum absolute atomic E-state index is 12.4. The molecule has 0 unspecified atom stereocenters. The van der Waals surface area contributed by atoms with Gasteiger partial charge in [0.1, 0.15) is 5.82 Å². The van der Waals surface area contributed by atoms with Crippen LogP contribution in [0.25, 0.3) is 0 Å². The van der Waals surface area contributed by atoms with Gasteiger partial charge in [-0.15, -0.1) is 0 Å². The van der Waals surface area contributed by atoms with Crippen LogP contribution in [0.3, 0.4) is 0 Å². The quantitative estimate of drug-likeness (QED) is 0.886. The number of amides is 1. The van der Waals surface area contributed by atoms with Gasteiger partial charge < -0.3 is 15.0 Å². The van der Waals surface area contributed by atoms with E-state index >= 15 is 0 Å². The molecule has 1 saturated heterocycles. The highest BCUT2D eigenvalue weighted by Crippen LogP contribution is 2.23. The molecule has 0 aromatic carbocycles. The number of aromatic amines is 1. The lowest BCUT2D eigenvalue weighted by Crippen LogP contribution is -2.40. The summed E-state index contributed by atoms with van der Waals surface area (Å²) in [4.78, 5) is 18.5. The summed E-state index contributed by atoms with van der Waals surface area (Å²) in [5, 5.41) is 10.8. The van der Waals surface area contributed by atoms with Crippen LogP contribution in [0, 0.1) is 0 Å². The first kappa shape index (κ1) is 15.1. The van der Waals surface area contributed by atoms with Crippen molar-refractivity contribution >= 4 is 11.7 Å². The Morgan fingerprint density at radius 3 is 2.96 bits per heavy atom. The first-order valence-electron chi connectivity index (χ1n) is 8.43. The van der Waals surface area contributed by atoms with Crippen molar-refractivity contribution < 1.29 is 9.53 Å². The Hall–Kier alpha value is -2.41. The Kier molecular flexibility index (Phi) is 4.17.